The number of benzene rings is 1. The smallest absolute Gasteiger partial charge is 0.325 e. The number of hydrogen-bond acceptors (Lipinski definition) is 3. The van der Waals surface area contributed by atoms with Gasteiger partial charge in [-0.15, -0.1) is 0 Å². The fourth-order valence-electron chi connectivity index (χ4n) is 1.21. The molecule has 0 saturated carbocycles. The topological polar surface area (TPSA) is 78.9 Å². The van der Waals surface area contributed by atoms with Gasteiger partial charge in [-0.2, -0.15) is 18.4 Å². The maximum Gasteiger partial charge on any atom is 0.417 e. The highest BCUT2D eigenvalue weighted by molar-refractivity contribution is 5.94. The molecule has 1 unspecified atom stereocenters. The minimum absolute atomic E-state index is 0.0522. The van der Waals surface area contributed by atoms with Gasteiger partial charge >= 0.3 is 6.18 Å². The first-order chi connectivity index (χ1) is 8.25. The Morgan fingerprint density at radius 1 is 1.50 bits per heavy atom. The zero-order valence-electron chi connectivity index (χ0n) is 9.38. The highest BCUT2D eigenvalue weighted by atomic mass is 19.4. The Labute approximate surface area is 101 Å². The average Bonchev–Trinajstić information content (AvgIpc) is 2.27. The summed E-state index contributed by atoms with van der Waals surface area (Å²) in [5, 5.41) is 10.8. The first kappa shape index (κ1) is 14.0. The third-order valence-electron chi connectivity index (χ3n) is 2.13. The van der Waals surface area contributed by atoms with Crippen LogP contribution in [0.5, 0.6) is 0 Å². The molecule has 0 saturated heterocycles. The van der Waals surface area contributed by atoms with E-state index in [1.54, 1.807) is 0 Å². The number of alkyl halides is 3. The number of rotatable bonds is 2. The maximum atomic E-state index is 12.6. The predicted octanol–water partition coefficient (Wildman–Crippen LogP) is 1.86. The first-order valence-corrected chi connectivity index (χ1v) is 4.93. The number of carbonyl (C=O) groups excluding carboxylic acids is 1. The fourth-order valence-corrected chi connectivity index (χ4v) is 1.21. The normalized spacial score (nSPS) is 12.7. The van der Waals surface area contributed by atoms with Gasteiger partial charge in [0.25, 0.3) is 0 Å². The standard InChI is InChI=1S/C11H10F3N3O/c1-6(16)10(18)17-8-3-2-7(5-15)9(4-8)11(12,13)14/h2-4,6H,16H2,1H3,(H,17,18). The third-order valence-corrected chi connectivity index (χ3v) is 2.13. The summed E-state index contributed by atoms with van der Waals surface area (Å²) in [7, 11) is 0. The van der Waals surface area contributed by atoms with E-state index in [4.69, 9.17) is 11.0 Å². The highest BCUT2D eigenvalue weighted by Gasteiger charge is 2.34. The van der Waals surface area contributed by atoms with E-state index in [-0.39, 0.29) is 5.69 Å². The number of amides is 1. The van der Waals surface area contributed by atoms with Crippen molar-refractivity contribution in [2.24, 2.45) is 5.73 Å². The number of anilines is 1. The van der Waals surface area contributed by atoms with Gasteiger partial charge in [0.15, 0.2) is 0 Å². The van der Waals surface area contributed by atoms with Crippen LogP contribution in [0.25, 0.3) is 0 Å². The summed E-state index contributed by atoms with van der Waals surface area (Å²) in [6.45, 7) is 1.41. The van der Waals surface area contributed by atoms with Crippen molar-refractivity contribution < 1.29 is 18.0 Å². The SMILES string of the molecule is CC(N)C(=O)Nc1ccc(C#N)c(C(F)(F)F)c1. The third kappa shape index (κ3) is 3.21. The van der Waals surface area contributed by atoms with Crippen LogP contribution in [0.15, 0.2) is 18.2 Å². The largest absolute Gasteiger partial charge is 0.417 e. The van der Waals surface area contributed by atoms with E-state index in [1.165, 1.54) is 19.1 Å². The zero-order valence-corrected chi connectivity index (χ0v) is 9.38. The molecule has 0 bridgehead atoms. The lowest BCUT2D eigenvalue weighted by atomic mass is 10.1. The number of nitrogens with zero attached hydrogens (tertiary/aromatic N) is 1. The van der Waals surface area contributed by atoms with Gasteiger partial charge in [-0.3, -0.25) is 4.79 Å². The number of carbonyl (C=O) groups is 1. The maximum absolute atomic E-state index is 12.6. The van der Waals surface area contributed by atoms with Crippen LogP contribution >= 0.6 is 0 Å². The number of nitrogens with one attached hydrogen (secondary N) is 1. The summed E-state index contributed by atoms with van der Waals surface area (Å²) in [5.41, 5.74) is 3.64. The number of halogens is 3. The lowest BCUT2D eigenvalue weighted by molar-refractivity contribution is -0.137. The molecule has 0 aliphatic heterocycles. The second kappa shape index (κ2) is 5.06. The lowest BCUT2D eigenvalue weighted by Crippen LogP contribution is -2.32. The molecule has 18 heavy (non-hydrogen) atoms. The van der Waals surface area contributed by atoms with Crippen LogP contribution in [0.4, 0.5) is 18.9 Å². The Kier molecular flexibility index (Phi) is 3.93. The molecule has 3 N–H and O–H groups in total. The van der Waals surface area contributed by atoms with Crippen LogP contribution in [-0.4, -0.2) is 11.9 Å². The van der Waals surface area contributed by atoms with Crippen LogP contribution in [-0.2, 0) is 11.0 Å². The molecule has 96 valence electrons. The van der Waals surface area contributed by atoms with Crippen LogP contribution < -0.4 is 11.1 Å². The zero-order chi connectivity index (χ0) is 13.9. The average molecular weight is 257 g/mol. The Morgan fingerprint density at radius 2 is 2.11 bits per heavy atom. The molecule has 0 radical (unpaired) electrons. The van der Waals surface area contributed by atoms with Crippen molar-refractivity contribution in [1.29, 1.82) is 5.26 Å². The molecule has 1 atom stereocenters. The summed E-state index contributed by atoms with van der Waals surface area (Å²) in [5.74, 6) is -0.604. The van der Waals surface area contributed by atoms with Gasteiger partial charge in [0.1, 0.15) is 0 Å². The molecule has 0 aliphatic rings. The van der Waals surface area contributed by atoms with E-state index < -0.39 is 29.3 Å². The van der Waals surface area contributed by atoms with Crippen LogP contribution in [0, 0.1) is 11.3 Å². The van der Waals surface area contributed by atoms with Crippen molar-refractivity contribution in [2.45, 2.75) is 19.1 Å². The Hall–Kier alpha value is -2.07. The Morgan fingerprint density at radius 3 is 2.56 bits per heavy atom. The summed E-state index contributed by atoms with van der Waals surface area (Å²) in [4.78, 5) is 11.2. The molecule has 4 nitrogen and oxygen atoms in total. The molecule has 1 rings (SSSR count). The van der Waals surface area contributed by atoms with E-state index in [0.717, 1.165) is 6.07 Å². The van der Waals surface area contributed by atoms with Crippen molar-refractivity contribution in [3.63, 3.8) is 0 Å². The summed E-state index contributed by atoms with van der Waals surface area (Å²) < 4.78 is 37.9. The van der Waals surface area contributed by atoms with Crippen LogP contribution in [0.2, 0.25) is 0 Å². The summed E-state index contributed by atoms with van der Waals surface area (Å²) in [6, 6.07) is 3.53. The van der Waals surface area contributed by atoms with Crippen molar-refractivity contribution in [3.05, 3.63) is 29.3 Å². The van der Waals surface area contributed by atoms with Gasteiger partial charge in [-0.1, -0.05) is 0 Å². The van der Waals surface area contributed by atoms with Gasteiger partial charge in [0.05, 0.1) is 23.2 Å². The number of hydrogen-bond donors (Lipinski definition) is 2. The minimum atomic E-state index is -4.65. The molecule has 1 aromatic carbocycles. The van der Waals surface area contributed by atoms with E-state index >= 15 is 0 Å². The van der Waals surface area contributed by atoms with Crippen molar-refractivity contribution >= 4 is 11.6 Å². The monoisotopic (exact) mass is 257 g/mol. The fraction of sp³-hybridized carbons (Fsp3) is 0.273. The van der Waals surface area contributed by atoms with Gasteiger partial charge in [0.2, 0.25) is 5.91 Å². The second-order valence-electron chi connectivity index (χ2n) is 3.65. The molecular weight excluding hydrogens is 247 g/mol. The van der Waals surface area contributed by atoms with Crippen molar-refractivity contribution in [2.75, 3.05) is 5.32 Å². The van der Waals surface area contributed by atoms with E-state index in [2.05, 4.69) is 5.32 Å². The van der Waals surface area contributed by atoms with Crippen LogP contribution in [0.3, 0.4) is 0 Å². The van der Waals surface area contributed by atoms with Crippen molar-refractivity contribution in [3.8, 4) is 6.07 Å². The predicted molar refractivity (Wildman–Crippen MR) is 58.4 cm³/mol. The molecule has 0 heterocycles. The van der Waals surface area contributed by atoms with E-state index in [9.17, 15) is 18.0 Å². The summed E-state index contributed by atoms with van der Waals surface area (Å²) >= 11 is 0. The van der Waals surface area contributed by atoms with Crippen molar-refractivity contribution in [1.82, 2.24) is 0 Å². The molecule has 0 aromatic heterocycles. The first-order valence-electron chi connectivity index (χ1n) is 4.93. The van der Waals surface area contributed by atoms with E-state index in [0.29, 0.717) is 6.07 Å². The minimum Gasteiger partial charge on any atom is -0.325 e. The van der Waals surface area contributed by atoms with Gasteiger partial charge in [-0.05, 0) is 25.1 Å². The Bertz CT molecular complexity index is 503. The lowest BCUT2D eigenvalue weighted by Gasteiger charge is -2.12. The second-order valence-corrected chi connectivity index (χ2v) is 3.65. The Balaban J connectivity index is 3.13. The summed E-state index contributed by atoms with van der Waals surface area (Å²) in [6.07, 6.45) is -4.65. The number of nitrogens with two attached hydrogens (primary N) is 1. The molecule has 1 aromatic rings. The molecule has 1 amide bonds. The van der Waals surface area contributed by atoms with Gasteiger partial charge in [0, 0.05) is 5.69 Å². The molecule has 0 spiro atoms. The molecular formula is C11H10F3N3O. The highest BCUT2D eigenvalue weighted by Crippen LogP contribution is 2.33. The molecule has 0 aliphatic carbocycles. The van der Waals surface area contributed by atoms with Gasteiger partial charge in [-0.25, -0.2) is 0 Å². The molecule has 7 heteroatoms. The van der Waals surface area contributed by atoms with Gasteiger partial charge < -0.3 is 11.1 Å². The van der Waals surface area contributed by atoms with E-state index in [1.807, 2.05) is 0 Å². The quantitative estimate of drug-likeness (QED) is 0.848. The molecule has 0 fully saturated rings. The van der Waals surface area contributed by atoms with Crippen LogP contribution in [0.1, 0.15) is 18.1 Å². The number of nitriles is 1.